The summed E-state index contributed by atoms with van der Waals surface area (Å²) in [5.74, 6) is -0.171. The molecule has 1 aromatic rings. The van der Waals surface area contributed by atoms with E-state index in [1.54, 1.807) is 6.92 Å². The number of allylic oxidation sites excluding steroid dienone is 2. The Hall–Kier alpha value is -2.10. The minimum atomic E-state index is -0.889. The Bertz CT molecular complexity index is 619. The number of fused-ring (bicyclic) bond motifs is 1. The monoisotopic (exact) mass is 272 g/mol. The van der Waals surface area contributed by atoms with Crippen molar-refractivity contribution < 1.29 is 19.1 Å². The molecular formula is C16H16O4. The second kappa shape index (κ2) is 3.95. The molecule has 2 aliphatic rings. The third-order valence-electron chi connectivity index (χ3n) is 4.77. The Labute approximate surface area is 117 Å². The maximum atomic E-state index is 12.6. The van der Waals surface area contributed by atoms with Crippen molar-refractivity contribution in [1.29, 1.82) is 0 Å². The number of benzene rings is 1. The fourth-order valence-corrected chi connectivity index (χ4v) is 3.82. The van der Waals surface area contributed by atoms with Crippen molar-refractivity contribution >= 4 is 11.8 Å². The van der Waals surface area contributed by atoms with Gasteiger partial charge in [-0.05, 0) is 12.5 Å². The fraction of sp³-hybridized carbons (Fsp3) is 0.375. The van der Waals surface area contributed by atoms with Crippen LogP contribution < -0.4 is 0 Å². The van der Waals surface area contributed by atoms with Crippen molar-refractivity contribution in [2.75, 3.05) is 14.2 Å². The zero-order valence-corrected chi connectivity index (χ0v) is 11.7. The summed E-state index contributed by atoms with van der Waals surface area (Å²) in [4.78, 5) is 24.8. The van der Waals surface area contributed by atoms with E-state index < -0.39 is 10.8 Å². The lowest BCUT2D eigenvalue weighted by molar-refractivity contribution is -0.148. The van der Waals surface area contributed by atoms with Crippen LogP contribution in [0.15, 0.2) is 42.2 Å². The zero-order valence-electron chi connectivity index (χ0n) is 11.7. The number of hydrogen-bond donors (Lipinski definition) is 0. The molecule has 0 spiro atoms. The van der Waals surface area contributed by atoms with Crippen molar-refractivity contribution in [2.45, 2.75) is 12.3 Å². The highest BCUT2D eigenvalue weighted by atomic mass is 16.5. The first-order valence-corrected chi connectivity index (χ1v) is 6.49. The van der Waals surface area contributed by atoms with E-state index in [4.69, 9.17) is 9.47 Å². The van der Waals surface area contributed by atoms with E-state index in [2.05, 4.69) is 0 Å². The zero-order chi connectivity index (χ0) is 14.5. The van der Waals surface area contributed by atoms with Gasteiger partial charge in [0.05, 0.1) is 31.0 Å². The standard InChI is InChI=1S/C16H16O4/c1-15(14(18)20-3)13-11(19-2)9-12(17)16(13,15)10-7-5-4-6-8-10/h4-9,13H,1-3H3/t13-,15?,16-/m1/s1. The number of rotatable bonds is 3. The number of carbonyl (C=O) groups excluding carboxylic acids is 2. The summed E-state index contributed by atoms with van der Waals surface area (Å²) in [6.07, 6.45) is 1.50. The molecule has 0 radical (unpaired) electrons. The molecule has 0 heterocycles. The molecule has 2 aliphatic carbocycles. The van der Waals surface area contributed by atoms with Crippen LogP contribution in [0.4, 0.5) is 0 Å². The van der Waals surface area contributed by atoms with Gasteiger partial charge in [0.2, 0.25) is 0 Å². The molecule has 0 N–H and O–H groups in total. The predicted molar refractivity (Wildman–Crippen MR) is 71.8 cm³/mol. The molecule has 1 fully saturated rings. The Balaban J connectivity index is 2.18. The van der Waals surface area contributed by atoms with Crippen LogP contribution in [-0.4, -0.2) is 26.0 Å². The average Bonchev–Trinajstić information content (AvgIpc) is 2.91. The lowest BCUT2D eigenvalue weighted by Gasteiger charge is -2.18. The first kappa shape index (κ1) is 12.9. The van der Waals surface area contributed by atoms with Crippen molar-refractivity contribution in [3.05, 3.63) is 47.7 Å². The third-order valence-corrected chi connectivity index (χ3v) is 4.77. The van der Waals surface area contributed by atoms with Gasteiger partial charge < -0.3 is 9.47 Å². The minimum absolute atomic E-state index is 0.0848. The first-order chi connectivity index (χ1) is 9.55. The smallest absolute Gasteiger partial charge is 0.313 e. The molecule has 1 aromatic carbocycles. The highest BCUT2D eigenvalue weighted by Gasteiger charge is 2.86. The topological polar surface area (TPSA) is 52.6 Å². The summed E-state index contributed by atoms with van der Waals surface area (Å²) < 4.78 is 10.2. The highest BCUT2D eigenvalue weighted by molar-refractivity contribution is 6.13. The van der Waals surface area contributed by atoms with E-state index in [1.165, 1.54) is 20.3 Å². The molecule has 0 aromatic heterocycles. The Morgan fingerprint density at radius 2 is 1.85 bits per heavy atom. The van der Waals surface area contributed by atoms with Gasteiger partial charge in [-0.2, -0.15) is 0 Å². The highest BCUT2D eigenvalue weighted by Crippen LogP contribution is 2.75. The lowest BCUT2D eigenvalue weighted by Crippen LogP contribution is -2.31. The molecule has 0 amide bonds. The second-order valence-corrected chi connectivity index (χ2v) is 5.42. The van der Waals surface area contributed by atoms with Crippen LogP contribution in [0.5, 0.6) is 0 Å². The van der Waals surface area contributed by atoms with Crippen LogP contribution in [0.3, 0.4) is 0 Å². The first-order valence-electron chi connectivity index (χ1n) is 6.49. The van der Waals surface area contributed by atoms with Gasteiger partial charge in [0.1, 0.15) is 5.76 Å². The van der Waals surface area contributed by atoms with Crippen LogP contribution >= 0.6 is 0 Å². The van der Waals surface area contributed by atoms with Crippen molar-refractivity contribution in [1.82, 2.24) is 0 Å². The van der Waals surface area contributed by atoms with E-state index in [-0.39, 0.29) is 17.7 Å². The average molecular weight is 272 g/mol. The molecule has 3 atom stereocenters. The van der Waals surface area contributed by atoms with Crippen molar-refractivity contribution in [3.8, 4) is 0 Å². The molecule has 1 saturated carbocycles. The van der Waals surface area contributed by atoms with Crippen molar-refractivity contribution in [3.63, 3.8) is 0 Å². The SMILES string of the molecule is COC(=O)C1(C)[C@H]2C(OC)=CC(=O)[C@]21c1ccccc1. The largest absolute Gasteiger partial charge is 0.501 e. The molecule has 4 heteroatoms. The van der Waals surface area contributed by atoms with Gasteiger partial charge in [-0.3, -0.25) is 9.59 Å². The van der Waals surface area contributed by atoms with E-state index >= 15 is 0 Å². The third kappa shape index (κ3) is 1.17. The van der Waals surface area contributed by atoms with Gasteiger partial charge in [0, 0.05) is 6.08 Å². The normalized spacial score (nSPS) is 34.2. The quantitative estimate of drug-likeness (QED) is 0.788. The Morgan fingerprint density at radius 1 is 1.20 bits per heavy atom. The molecule has 1 unspecified atom stereocenters. The van der Waals surface area contributed by atoms with Crippen LogP contribution in [0.25, 0.3) is 0 Å². The van der Waals surface area contributed by atoms with Crippen LogP contribution in [0, 0.1) is 11.3 Å². The maximum Gasteiger partial charge on any atom is 0.313 e. The summed E-state index contributed by atoms with van der Waals surface area (Å²) >= 11 is 0. The van der Waals surface area contributed by atoms with E-state index in [9.17, 15) is 9.59 Å². The molecule has 4 nitrogen and oxygen atoms in total. The van der Waals surface area contributed by atoms with Gasteiger partial charge in [-0.25, -0.2) is 0 Å². The maximum absolute atomic E-state index is 12.6. The van der Waals surface area contributed by atoms with Gasteiger partial charge in [-0.15, -0.1) is 0 Å². The molecule has 0 aliphatic heterocycles. The number of hydrogen-bond acceptors (Lipinski definition) is 4. The molecule has 0 saturated heterocycles. The molecule has 0 bridgehead atoms. The number of ether oxygens (including phenoxy) is 2. The number of carbonyl (C=O) groups is 2. The van der Waals surface area contributed by atoms with Gasteiger partial charge in [-0.1, -0.05) is 30.3 Å². The van der Waals surface area contributed by atoms with E-state index in [0.29, 0.717) is 5.76 Å². The predicted octanol–water partition coefficient (Wildman–Crippen LogP) is 1.85. The van der Waals surface area contributed by atoms with Crippen LogP contribution in [0.2, 0.25) is 0 Å². The van der Waals surface area contributed by atoms with Crippen LogP contribution in [-0.2, 0) is 24.5 Å². The van der Waals surface area contributed by atoms with Gasteiger partial charge in [0.25, 0.3) is 0 Å². The molecular weight excluding hydrogens is 256 g/mol. The molecule has 20 heavy (non-hydrogen) atoms. The number of esters is 1. The van der Waals surface area contributed by atoms with Gasteiger partial charge in [0.15, 0.2) is 5.78 Å². The fourth-order valence-electron chi connectivity index (χ4n) is 3.82. The van der Waals surface area contributed by atoms with Gasteiger partial charge >= 0.3 is 5.97 Å². The van der Waals surface area contributed by atoms with Crippen molar-refractivity contribution in [2.24, 2.45) is 11.3 Å². The summed E-state index contributed by atoms with van der Waals surface area (Å²) in [7, 11) is 2.87. The summed E-state index contributed by atoms with van der Waals surface area (Å²) in [5, 5.41) is 0. The van der Waals surface area contributed by atoms with Crippen LogP contribution in [0.1, 0.15) is 12.5 Å². The second-order valence-electron chi connectivity index (χ2n) is 5.42. The summed E-state index contributed by atoms with van der Waals surface area (Å²) in [5.41, 5.74) is -0.918. The summed E-state index contributed by atoms with van der Waals surface area (Å²) in [6.45, 7) is 1.78. The lowest BCUT2D eigenvalue weighted by atomic mass is 9.83. The number of ketones is 1. The van der Waals surface area contributed by atoms with E-state index in [1.807, 2.05) is 30.3 Å². The number of methoxy groups -OCH3 is 2. The Kier molecular flexibility index (Phi) is 2.55. The molecule has 3 rings (SSSR count). The Morgan fingerprint density at radius 3 is 2.40 bits per heavy atom. The summed E-state index contributed by atoms with van der Waals surface area (Å²) in [6, 6.07) is 9.39. The minimum Gasteiger partial charge on any atom is -0.501 e. The molecule has 104 valence electrons. The van der Waals surface area contributed by atoms with E-state index in [0.717, 1.165) is 5.56 Å².